The number of aryl methyl sites for hydroxylation is 1. The zero-order chi connectivity index (χ0) is 10.8. The first-order chi connectivity index (χ1) is 7.18. The van der Waals surface area contributed by atoms with Gasteiger partial charge >= 0.3 is 0 Å². The molecule has 1 amide bonds. The van der Waals surface area contributed by atoms with Crippen molar-refractivity contribution in [3.05, 3.63) is 42.1 Å². The summed E-state index contributed by atoms with van der Waals surface area (Å²) >= 11 is 0. The SMILES string of the molecule is Cc1cc(-c2ccoc2C(N)=O)ccn1. The number of furan rings is 1. The van der Waals surface area contributed by atoms with Crippen LogP contribution in [-0.2, 0) is 0 Å². The van der Waals surface area contributed by atoms with Gasteiger partial charge in [0, 0.05) is 17.5 Å². The fraction of sp³-hybridized carbons (Fsp3) is 0.0909. The molecule has 2 heterocycles. The Kier molecular flexibility index (Phi) is 2.25. The minimum atomic E-state index is -0.565. The van der Waals surface area contributed by atoms with Crippen LogP contribution in [0.4, 0.5) is 0 Å². The summed E-state index contributed by atoms with van der Waals surface area (Å²) in [6, 6.07) is 5.40. The van der Waals surface area contributed by atoms with Crippen molar-refractivity contribution >= 4 is 5.91 Å². The third kappa shape index (κ3) is 1.74. The minimum Gasteiger partial charge on any atom is -0.459 e. The predicted molar refractivity (Wildman–Crippen MR) is 55.2 cm³/mol. The molecule has 2 N–H and O–H groups in total. The first kappa shape index (κ1) is 9.45. The van der Waals surface area contributed by atoms with Gasteiger partial charge in [0.05, 0.1) is 6.26 Å². The molecule has 0 fully saturated rings. The Morgan fingerprint density at radius 2 is 2.27 bits per heavy atom. The maximum Gasteiger partial charge on any atom is 0.285 e. The molecule has 2 aromatic rings. The normalized spacial score (nSPS) is 10.2. The van der Waals surface area contributed by atoms with Crippen molar-refractivity contribution in [2.75, 3.05) is 0 Å². The molecule has 0 aliphatic heterocycles. The highest BCUT2D eigenvalue weighted by atomic mass is 16.3. The lowest BCUT2D eigenvalue weighted by Crippen LogP contribution is -2.10. The van der Waals surface area contributed by atoms with Crippen molar-refractivity contribution in [2.45, 2.75) is 6.92 Å². The van der Waals surface area contributed by atoms with Crippen LogP contribution in [0.15, 0.2) is 35.1 Å². The zero-order valence-corrected chi connectivity index (χ0v) is 8.23. The number of rotatable bonds is 2. The van der Waals surface area contributed by atoms with Crippen LogP contribution in [0, 0.1) is 6.92 Å². The van der Waals surface area contributed by atoms with Gasteiger partial charge in [-0.25, -0.2) is 0 Å². The zero-order valence-electron chi connectivity index (χ0n) is 8.23. The summed E-state index contributed by atoms with van der Waals surface area (Å²) in [6.45, 7) is 1.88. The maximum atomic E-state index is 11.1. The van der Waals surface area contributed by atoms with E-state index in [-0.39, 0.29) is 5.76 Å². The summed E-state index contributed by atoms with van der Waals surface area (Å²) in [4.78, 5) is 15.1. The topological polar surface area (TPSA) is 69.1 Å². The van der Waals surface area contributed by atoms with E-state index in [1.54, 1.807) is 12.3 Å². The smallest absolute Gasteiger partial charge is 0.285 e. The van der Waals surface area contributed by atoms with Crippen LogP contribution in [0.5, 0.6) is 0 Å². The average Bonchev–Trinajstić information content (AvgIpc) is 2.65. The second kappa shape index (κ2) is 3.57. The lowest BCUT2D eigenvalue weighted by molar-refractivity contribution is 0.0975. The van der Waals surface area contributed by atoms with Crippen LogP contribution >= 0.6 is 0 Å². The Balaban J connectivity index is 2.54. The Hall–Kier alpha value is -2.10. The van der Waals surface area contributed by atoms with Crippen LogP contribution < -0.4 is 5.73 Å². The number of aromatic nitrogens is 1. The largest absolute Gasteiger partial charge is 0.459 e. The van der Waals surface area contributed by atoms with Crippen molar-refractivity contribution in [1.82, 2.24) is 4.98 Å². The molecule has 0 aromatic carbocycles. The van der Waals surface area contributed by atoms with E-state index in [0.717, 1.165) is 11.3 Å². The number of primary amides is 1. The van der Waals surface area contributed by atoms with Crippen molar-refractivity contribution < 1.29 is 9.21 Å². The van der Waals surface area contributed by atoms with Gasteiger partial charge in [0.25, 0.3) is 5.91 Å². The third-order valence-electron chi connectivity index (χ3n) is 2.10. The number of hydrogen-bond acceptors (Lipinski definition) is 3. The van der Waals surface area contributed by atoms with E-state index in [4.69, 9.17) is 10.2 Å². The molecule has 0 atom stereocenters. The summed E-state index contributed by atoms with van der Waals surface area (Å²) in [6.07, 6.45) is 3.13. The number of nitrogens with two attached hydrogens (primary N) is 1. The van der Waals surface area contributed by atoms with Crippen molar-refractivity contribution in [2.24, 2.45) is 5.73 Å². The molecule has 76 valence electrons. The third-order valence-corrected chi connectivity index (χ3v) is 2.10. The fourth-order valence-corrected chi connectivity index (χ4v) is 1.44. The quantitative estimate of drug-likeness (QED) is 0.806. The molecule has 0 bridgehead atoms. The molecule has 0 radical (unpaired) electrons. The van der Waals surface area contributed by atoms with E-state index in [1.165, 1.54) is 6.26 Å². The highest BCUT2D eigenvalue weighted by Gasteiger charge is 2.13. The number of carbonyl (C=O) groups is 1. The Morgan fingerprint density at radius 1 is 1.47 bits per heavy atom. The molecule has 0 spiro atoms. The molecule has 4 heteroatoms. The van der Waals surface area contributed by atoms with E-state index in [1.807, 2.05) is 19.1 Å². The molecular weight excluding hydrogens is 192 g/mol. The standard InChI is InChI=1S/C11H10N2O2/c1-7-6-8(2-4-13-7)9-3-5-15-10(9)11(12)14/h2-6H,1H3,(H2,12,14). The minimum absolute atomic E-state index is 0.181. The Labute approximate surface area is 86.7 Å². The van der Waals surface area contributed by atoms with Gasteiger partial charge in [-0.05, 0) is 30.7 Å². The van der Waals surface area contributed by atoms with Crippen LogP contribution in [0.25, 0.3) is 11.1 Å². The summed E-state index contributed by atoms with van der Waals surface area (Å²) < 4.78 is 5.03. The van der Waals surface area contributed by atoms with Gasteiger partial charge in [-0.15, -0.1) is 0 Å². The van der Waals surface area contributed by atoms with Crippen LogP contribution in [-0.4, -0.2) is 10.9 Å². The van der Waals surface area contributed by atoms with Crippen molar-refractivity contribution in [3.8, 4) is 11.1 Å². The molecule has 2 aromatic heterocycles. The number of nitrogens with zero attached hydrogens (tertiary/aromatic N) is 1. The second-order valence-electron chi connectivity index (χ2n) is 3.21. The van der Waals surface area contributed by atoms with Gasteiger partial charge in [0.1, 0.15) is 0 Å². The first-order valence-corrected chi connectivity index (χ1v) is 4.49. The van der Waals surface area contributed by atoms with E-state index >= 15 is 0 Å². The van der Waals surface area contributed by atoms with Crippen LogP contribution in [0.2, 0.25) is 0 Å². The van der Waals surface area contributed by atoms with Gasteiger partial charge in [0.15, 0.2) is 5.76 Å². The number of amides is 1. The maximum absolute atomic E-state index is 11.1. The van der Waals surface area contributed by atoms with E-state index in [9.17, 15) is 4.79 Å². The van der Waals surface area contributed by atoms with Crippen molar-refractivity contribution in [1.29, 1.82) is 0 Å². The number of carbonyl (C=O) groups excluding carboxylic acids is 1. The fourth-order valence-electron chi connectivity index (χ4n) is 1.44. The monoisotopic (exact) mass is 202 g/mol. The summed E-state index contributed by atoms with van der Waals surface area (Å²) in [5.74, 6) is -0.384. The lowest BCUT2D eigenvalue weighted by Gasteiger charge is -2.00. The van der Waals surface area contributed by atoms with Crippen molar-refractivity contribution in [3.63, 3.8) is 0 Å². The molecular formula is C11H10N2O2. The Bertz CT molecular complexity index is 503. The van der Waals surface area contributed by atoms with Gasteiger partial charge in [-0.2, -0.15) is 0 Å². The van der Waals surface area contributed by atoms with E-state index < -0.39 is 5.91 Å². The summed E-state index contributed by atoms with van der Waals surface area (Å²) in [5, 5.41) is 0. The molecule has 0 unspecified atom stereocenters. The molecule has 15 heavy (non-hydrogen) atoms. The molecule has 0 saturated heterocycles. The number of hydrogen-bond donors (Lipinski definition) is 1. The van der Waals surface area contributed by atoms with Gasteiger partial charge in [-0.1, -0.05) is 0 Å². The summed E-state index contributed by atoms with van der Waals surface area (Å²) in [7, 11) is 0. The summed E-state index contributed by atoms with van der Waals surface area (Å²) in [5.41, 5.74) is 7.65. The second-order valence-corrected chi connectivity index (χ2v) is 3.21. The van der Waals surface area contributed by atoms with Gasteiger partial charge in [0.2, 0.25) is 0 Å². The van der Waals surface area contributed by atoms with Gasteiger partial charge in [-0.3, -0.25) is 9.78 Å². The van der Waals surface area contributed by atoms with Crippen LogP contribution in [0.3, 0.4) is 0 Å². The van der Waals surface area contributed by atoms with E-state index in [2.05, 4.69) is 4.98 Å². The number of pyridine rings is 1. The molecule has 0 aliphatic rings. The molecule has 2 rings (SSSR count). The highest BCUT2D eigenvalue weighted by Crippen LogP contribution is 2.24. The molecule has 0 aliphatic carbocycles. The van der Waals surface area contributed by atoms with E-state index in [0.29, 0.717) is 5.56 Å². The average molecular weight is 202 g/mol. The Morgan fingerprint density at radius 3 is 2.93 bits per heavy atom. The molecule has 4 nitrogen and oxygen atoms in total. The highest BCUT2D eigenvalue weighted by molar-refractivity contribution is 5.97. The lowest BCUT2D eigenvalue weighted by atomic mass is 10.1. The van der Waals surface area contributed by atoms with Crippen LogP contribution in [0.1, 0.15) is 16.2 Å². The first-order valence-electron chi connectivity index (χ1n) is 4.49. The predicted octanol–water partition coefficient (Wildman–Crippen LogP) is 1.75. The van der Waals surface area contributed by atoms with Gasteiger partial charge < -0.3 is 10.2 Å². The molecule has 0 saturated carbocycles.